The molecule has 1 heterocycles. The summed E-state index contributed by atoms with van der Waals surface area (Å²) < 4.78 is 0. The van der Waals surface area contributed by atoms with Crippen molar-refractivity contribution in [3.05, 3.63) is 0 Å². The van der Waals surface area contributed by atoms with Crippen LogP contribution in [0.3, 0.4) is 0 Å². The average Bonchev–Trinajstić information content (AvgIpc) is 2.46. The number of carbonyl (C=O) groups is 2. The minimum Gasteiger partial charge on any atom is -0.352 e. The SMILES string of the molecule is CCC(=O)N[C@@H]1C[C@@H](C=O)N(C)C1. The topological polar surface area (TPSA) is 49.4 Å². The smallest absolute Gasteiger partial charge is 0.219 e. The van der Waals surface area contributed by atoms with Crippen molar-refractivity contribution >= 4 is 12.2 Å². The Hall–Kier alpha value is -0.900. The molecule has 1 aliphatic heterocycles. The van der Waals surface area contributed by atoms with Crippen LogP contribution in [0, 0.1) is 0 Å². The van der Waals surface area contributed by atoms with Crippen molar-refractivity contribution in [2.24, 2.45) is 0 Å². The van der Waals surface area contributed by atoms with Crippen molar-refractivity contribution in [2.75, 3.05) is 13.6 Å². The van der Waals surface area contributed by atoms with E-state index in [0.29, 0.717) is 6.42 Å². The van der Waals surface area contributed by atoms with Crippen LogP contribution < -0.4 is 5.32 Å². The molecule has 1 N–H and O–H groups in total. The van der Waals surface area contributed by atoms with Crippen LogP contribution in [0.1, 0.15) is 19.8 Å². The second-order valence-electron chi connectivity index (χ2n) is 3.50. The van der Waals surface area contributed by atoms with Gasteiger partial charge < -0.3 is 10.1 Å². The number of hydrogen-bond donors (Lipinski definition) is 1. The van der Waals surface area contributed by atoms with Crippen LogP contribution in [0.4, 0.5) is 0 Å². The van der Waals surface area contributed by atoms with Gasteiger partial charge in [0.2, 0.25) is 5.91 Å². The summed E-state index contributed by atoms with van der Waals surface area (Å²) in [4.78, 5) is 23.6. The third-order valence-electron chi connectivity index (χ3n) is 2.44. The Morgan fingerprint density at radius 3 is 2.85 bits per heavy atom. The Morgan fingerprint density at radius 1 is 1.69 bits per heavy atom. The van der Waals surface area contributed by atoms with Crippen LogP contribution in [0.5, 0.6) is 0 Å². The Morgan fingerprint density at radius 2 is 2.38 bits per heavy atom. The summed E-state index contributed by atoms with van der Waals surface area (Å²) in [6.45, 7) is 2.60. The van der Waals surface area contributed by atoms with E-state index < -0.39 is 0 Å². The summed E-state index contributed by atoms with van der Waals surface area (Å²) in [5, 5.41) is 2.88. The van der Waals surface area contributed by atoms with E-state index in [0.717, 1.165) is 19.3 Å². The lowest BCUT2D eigenvalue weighted by atomic mass is 10.2. The molecule has 0 unspecified atom stereocenters. The number of likely N-dealkylation sites (tertiary alicyclic amines) is 1. The first-order valence-corrected chi connectivity index (χ1v) is 4.62. The Balaban J connectivity index is 2.39. The van der Waals surface area contributed by atoms with Crippen LogP contribution >= 0.6 is 0 Å². The Labute approximate surface area is 78.3 Å². The fourth-order valence-electron chi connectivity index (χ4n) is 1.62. The lowest BCUT2D eigenvalue weighted by molar-refractivity contribution is -0.121. The first-order chi connectivity index (χ1) is 6.17. The minimum absolute atomic E-state index is 0.0258. The van der Waals surface area contributed by atoms with Gasteiger partial charge in [0.1, 0.15) is 6.29 Å². The molecule has 1 amide bonds. The number of aldehydes is 1. The van der Waals surface area contributed by atoms with Crippen LogP contribution in [0.15, 0.2) is 0 Å². The van der Waals surface area contributed by atoms with Gasteiger partial charge in [-0.1, -0.05) is 6.92 Å². The fraction of sp³-hybridized carbons (Fsp3) is 0.778. The molecular weight excluding hydrogens is 168 g/mol. The van der Waals surface area contributed by atoms with Gasteiger partial charge in [-0.2, -0.15) is 0 Å². The van der Waals surface area contributed by atoms with E-state index in [1.165, 1.54) is 0 Å². The maximum Gasteiger partial charge on any atom is 0.219 e. The second kappa shape index (κ2) is 4.37. The first-order valence-electron chi connectivity index (χ1n) is 4.62. The van der Waals surface area contributed by atoms with Crippen molar-refractivity contribution < 1.29 is 9.59 Å². The zero-order chi connectivity index (χ0) is 9.84. The summed E-state index contributed by atoms with van der Waals surface area (Å²) >= 11 is 0. The Bertz CT molecular complexity index is 206. The van der Waals surface area contributed by atoms with Crippen molar-refractivity contribution in [3.63, 3.8) is 0 Å². The number of amides is 1. The third kappa shape index (κ3) is 2.52. The van der Waals surface area contributed by atoms with Crippen LogP contribution in [-0.2, 0) is 9.59 Å². The predicted molar refractivity (Wildman–Crippen MR) is 49.3 cm³/mol. The van der Waals surface area contributed by atoms with Gasteiger partial charge in [0.05, 0.1) is 6.04 Å². The van der Waals surface area contributed by atoms with Gasteiger partial charge in [-0.15, -0.1) is 0 Å². The van der Waals surface area contributed by atoms with Gasteiger partial charge in [-0.3, -0.25) is 9.69 Å². The predicted octanol–water partition coefficient (Wildman–Crippen LogP) is -0.216. The van der Waals surface area contributed by atoms with Crippen LogP contribution in [0.25, 0.3) is 0 Å². The summed E-state index contributed by atoms with van der Waals surface area (Å²) in [7, 11) is 1.90. The van der Waals surface area contributed by atoms with Crippen LogP contribution in [-0.4, -0.2) is 42.8 Å². The molecule has 1 aliphatic rings. The number of nitrogens with one attached hydrogen (secondary N) is 1. The largest absolute Gasteiger partial charge is 0.352 e. The van der Waals surface area contributed by atoms with Crippen molar-refractivity contribution in [3.8, 4) is 0 Å². The molecule has 1 saturated heterocycles. The van der Waals surface area contributed by atoms with E-state index in [2.05, 4.69) is 5.32 Å². The number of carbonyl (C=O) groups excluding carboxylic acids is 2. The summed E-state index contributed by atoms with van der Waals surface area (Å²) in [6, 6.07) is 0.120. The third-order valence-corrected chi connectivity index (χ3v) is 2.44. The van der Waals surface area contributed by atoms with Gasteiger partial charge in [-0.25, -0.2) is 0 Å². The van der Waals surface area contributed by atoms with E-state index in [9.17, 15) is 9.59 Å². The van der Waals surface area contributed by atoms with Crippen molar-refractivity contribution in [2.45, 2.75) is 31.8 Å². The average molecular weight is 184 g/mol. The van der Waals surface area contributed by atoms with Crippen LogP contribution in [0.2, 0.25) is 0 Å². The molecule has 2 atom stereocenters. The number of nitrogens with zero attached hydrogens (tertiary/aromatic N) is 1. The highest BCUT2D eigenvalue weighted by Crippen LogP contribution is 2.13. The number of likely N-dealkylation sites (N-methyl/N-ethyl adjacent to an activating group) is 1. The van der Waals surface area contributed by atoms with E-state index in [4.69, 9.17) is 0 Å². The highest BCUT2D eigenvalue weighted by atomic mass is 16.1. The standard InChI is InChI=1S/C9H16N2O2/c1-3-9(13)10-7-4-8(6-12)11(2)5-7/h6-8H,3-5H2,1-2H3,(H,10,13)/t7-,8+/m1/s1. The lowest BCUT2D eigenvalue weighted by Gasteiger charge is -2.12. The number of hydrogen-bond acceptors (Lipinski definition) is 3. The fourth-order valence-corrected chi connectivity index (χ4v) is 1.62. The molecule has 4 nitrogen and oxygen atoms in total. The van der Waals surface area contributed by atoms with E-state index in [1.807, 2.05) is 18.9 Å². The quantitative estimate of drug-likeness (QED) is 0.617. The Kier molecular flexibility index (Phi) is 3.42. The molecule has 0 aromatic carbocycles. The van der Waals surface area contributed by atoms with Gasteiger partial charge in [0.25, 0.3) is 0 Å². The van der Waals surface area contributed by atoms with Gasteiger partial charge in [0.15, 0.2) is 0 Å². The van der Waals surface area contributed by atoms with E-state index in [1.54, 1.807) is 0 Å². The highest BCUT2D eigenvalue weighted by Gasteiger charge is 2.29. The molecule has 74 valence electrons. The molecule has 1 fully saturated rings. The van der Waals surface area contributed by atoms with Gasteiger partial charge in [0, 0.05) is 19.0 Å². The van der Waals surface area contributed by atoms with Gasteiger partial charge >= 0.3 is 0 Å². The molecule has 1 rings (SSSR count). The molecule has 0 bridgehead atoms. The second-order valence-corrected chi connectivity index (χ2v) is 3.50. The first kappa shape index (κ1) is 10.2. The molecule has 0 saturated carbocycles. The molecule has 0 aromatic rings. The highest BCUT2D eigenvalue weighted by molar-refractivity contribution is 5.76. The molecule has 0 spiro atoms. The molecule has 0 aromatic heterocycles. The van der Waals surface area contributed by atoms with Crippen molar-refractivity contribution in [1.29, 1.82) is 0 Å². The number of rotatable bonds is 3. The molecular formula is C9H16N2O2. The normalized spacial score (nSPS) is 28.8. The zero-order valence-corrected chi connectivity index (χ0v) is 8.12. The van der Waals surface area contributed by atoms with E-state index >= 15 is 0 Å². The summed E-state index contributed by atoms with van der Waals surface area (Å²) in [5.74, 6) is 0.0601. The monoisotopic (exact) mass is 184 g/mol. The lowest BCUT2D eigenvalue weighted by Crippen LogP contribution is -2.35. The molecule has 0 aliphatic carbocycles. The molecule has 4 heteroatoms. The zero-order valence-electron chi connectivity index (χ0n) is 8.12. The van der Waals surface area contributed by atoms with Gasteiger partial charge in [-0.05, 0) is 13.5 Å². The van der Waals surface area contributed by atoms with Crippen molar-refractivity contribution in [1.82, 2.24) is 10.2 Å². The maximum absolute atomic E-state index is 11.1. The maximum atomic E-state index is 11.1. The van der Waals surface area contributed by atoms with E-state index in [-0.39, 0.29) is 18.0 Å². The molecule has 0 radical (unpaired) electrons. The summed E-state index contributed by atoms with van der Waals surface area (Å²) in [5.41, 5.74) is 0. The summed E-state index contributed by atoms with van der Waals surface area (Å²) in [6.07, 6.45) is 2.19. The minimum atomic E-state index is -0.0258. The molecule has 13 heavy (non-hydrogen) atoms.